The fourth-order valence-electron chi connectivity index (χ4n) is 4.79. The lowest BCUT2D eigenvalue weighted by molar-refractivity contribution is -0.228. The minimum atomic E-state index is -1.55. The van der Waals surface area contributed by atoms with Crippen LogP contribution in [0.3, 0.4) is 0 Å². The van der Waals surface area contributed by atoms with Crippen LogP contribution in [0.5, 0.6) is 0 Å². The molecule has 3 amide bonds. The molecule has 0 saturated carbocycles. The fraction of sp³-hybridized carbons (Fsp3) is 0.424. The molecule has 0 aromatic heterocycles. The topological polar surface area (TPSA) is 211 Å². The number of carbonyl (C=O) groups is 7. The highest BCUT2D eigenvalue weighted by Crippen LogP contribution is 2.26. The molecule has 1 fully saturated rings. The van der Waals surface area contributed by atoms with Crippen LogP contribution in [0.25, 0.3) is 0 Å². The number of amides is 3. The maximum absolute atomic E-state index is 13.5. The first kappa shape index (κ1) is 37.9. The Morgan fingerprint density at radius 1 is 0.694 bits per heavy atom. The molecule has 3 N–H and O–H groups in total. The molecule has 0 radical (unpaired) electrons. The lowest BCUT2D eigenvalue weighted by atomic mass is 9.95. The van der Waals surface area contributed by atoms with Gasteiger partial charge in [-0.2, -0.15) is 0 Å². The van der Waals surface area contributed by atoms with Gasteiger partial charge in [0.25, 0.3) is 0 Å². The van der Waals surface area contributed by atoms with Crippen LogP contribution in [0.1, 0.15) is 45.2 Å². The number of esters is 4. The molecule has 1 unspecified atom stereocenters. The van der Waals surface area contributed by atoms with Gasteiger partial charge in [0.05, 0.1) is 6.42 Å². The van der Waals surface area contributed by atoms with Crippen LogP contribution in [0.2, 0.25) is 0 Å². The van der Waals surface area contributed by atoms with Crippen molar-refractivity contribution in [2.45, 2.75) is 84.0 Å². The van der Waals surface area contributed by atoms with E-state index in [9.17, 15) is 33.6 Å². The van der Waals surface area contributed by atoms with E-state index in [1.54, 1.807) is 60.7 Å². The number of hydrogen-bond donors (Lipinski definition) is 3. The zero-order valence-electron chi connectivity index (χ0n) is 27.4. The van der Waals surface area contributed by atoms with Crippen molar-refractivity contribution in [3.63, 3.8) is 0 Å². The van der Waals surface area contributed by atoms with E-state index in [0.29, 0.717) is 11.1 Å². The summed E-state index contributed by atoms with van der Waals surface area (Å²) in [5.41, 5.74) is 1.33. The van der Waals surface area contributed by atoms with Crippen molar-refractivity contribution in [1.82, 2.24) is 16.0 Å². The zero-order chi connectivity index (χ0) is 35.9. The molecule has 1 aliphatic rings. The predicted molar refractivity (Wildman–Crippen MR) is 167 cm³/mol. The van der Waals surface area contributed by atoms with Crippen LogP contribution in [-0.4, -0.2) is 85.0 Å². The van der Waals surface area contributed by atoms with Crippen LogP contribution >= 0.6 is 0 Å². The number of benzene rings is 2. The second kappa shape index (κ2) is 18.7. The van der Waals surface area contributed by atoms with Gasteiger partial charge in [0.1, 0.15) is 38.0 Å². The molecular weight excluding hydrogens is 646 g/mol. The smallest absolute Gasteiger partial charge is 0.408 e. The average molecular weight is 686 g/mol. The SMILES string of the molecule is CC(=O)N[C@@H]1[C@@H](OC(C)=O)[C@H](OC(C)=O)[C@@H](COC(C)=O)O[C@H]1NC(=O)CC(NC(=O)OCc1ccccc1)C(=O)OCc1ccccc1. The van der Waals surface area contributed by atoms with E-state index < -0.39 is 91.4 Å². The van der Waals surface area contributed by atoms with Gasteiger partial charge < -0.3 is 44.4 Å². The number of alkyl carbamates (subject to hydrolysis) is 1. The summed E-state index contributed by atoms with van der Waals surface area (Å²) < 4.78 is 32.4. The highest BCUT2D eigenvalue weighted by molar-refractivity contribution is 5.88. The molecule has 16 nitrogen and oxygen atoms in total. The molecule has 16 heteroatoms. The Balaban J connectivity index is 1.84. The molecule has 2 aromatic rings. The first-order valence-corrected chi connectivity index (χ1v) is 15.2. The summed E-state index contributed by atoms with van der Waals surface area (Å²) in [5, 5.41) is 7.38. The molecule has 2 aromatic carbocycles. The maximum Gasteiger partial charge on any atom is 0.408 e. The molecule has 3 rings (SSSR count). The molecule has 6 atom stereocenters. The zero-order valence-corrected chi connectivity index (χ0v) is 27.4. The van der Waals surface area contributed by atoms with Crippen LogP contribution in [0.15, 0.2) is 60.7 Å². The van der Waals surface area contributed by atoms with E-state index in [0.717, 1.165) is 27.7 Å². The quantitative estimate of drug-likeness (QED) is 0.189. The summed E-state index contributed by atoms with van der Waals surface area (Å²) in [5.74, 6) is -4.81. The lowest BCUT2D eigenvalue weighted by Crippen LogP contribution is -2.69. The summed E-state index contributed by atoms with van der Waals surface area (Å²) >= 11 is 0. The monoisotopic (exact) mass is 685 g/mol. The van der Waals surface area contributed by atoms with Crippen molar-refractivity contribution in [1.29, 1.82) is 0 Å². The highest BCUT2D eigenvalue weighted by Gasteiger charge is 2.51. The van der Waals surface area contributed by atoms with Gasteiger partial charge in [0, 0.05) is 27.7 Å². The van der Waals surface area contributed by atoms with Gasteiger partial charge in [-0.05, 0) is 11.1 Å². The molecule has 1 aliphatic heterocycles. The Bertz CT molecular complexity index is 1470. The van der Waals surface area contributed by atoms with Gasteiger partial charge >= 0.3 is 30.0 Å². The van der Waals surface area contributed by atoms with Crippen LogP contribution in [0, 0.1) is 0 Å². The number of nitrogens with one attached hydrogen (secondary N) is 3. The van der Waals surface area contributed by atoms with Gasteiger partial charge in [-0.15, -0.1) is 0 Å². The summed E-state index contributed by atoms with van der Waals surface area (Å²) in [6.07, 6.45) is -7.29. The van der Waals surface area contributed by atoms with Gasteiger partial charge in [0.2, 0.25) is 11.8 Å². The molecular formula is C33H39N3O13. The largest absolute Gasteiger partial charge is 0.463 e. The number of hydrogen-bond acceptors (Lipinski definition) is 13. The Hall–Kier alpha value is -5.51. The first-order valence-electron chi connectivity index (χ1n) is 15.2. The van der Waals surface area contributed by atoms with Crippen LogP contribution in [-0.2, 0) is 70.4 Å². The van der Waals surface area contributed by atoms with E-state index in [4.69, 9.17) is 28.4 Å². The normalized spacial score (nSPS) is 20.4. The molecule has 0 bridgehead atoms. The van der Waals surface area contributed by atoms with Crippen molar-refractivity contribution in [2.75, 3.05) is 6.61 Å². The van der Waals surface area contributed by atoms with Crippen molar-refractivity contribution in [2.24, 2.45) is 0 Å². The van der Waals surface area contributed by atoms with E-state index in [2.05, 4.69) is 16.0 Å². The second-order valence-electron chi connectivity index (χ2n) is 10.9. The Labute approximate surface area is 282 Å². The van der Waals surface area contributed by atoms with E-state index >= 15 is 0 Å². The summed E-state index contributed by atoms with van der Waals surface area (Å²) in [6, 6.07) is 14.6. The summed E-state index contributed by atoms with van der Waals surface area (Å²) in [4.78, 5) is 87.3. The average Bonchev–Trinajstić information content (AvgIpc) is 3.04. The Morgan fingerprint density at radius 3 is 1.78 bits per heavy atom. The molecule has 0 spiro atoms. The van der Waals surface area contributed by atoms with Gasteiger partial charge in [-0.1, -0.05) is 60.7 Å². The van der Waals surface area contributed by atoms with Gasteiger partial charge in [-0.25, -0.2) is 9.59 Å². The summed E-state index contributed by atoms with van der Waals surface area (Å²) in [7, 11) is 0. The third kappa shape index (κ3) is 12.9. The van der Waals surface area contributed by atoms with Crippen molar-refractivity contribution < 1.29 is 62.0 Å². The van der Waals surface area contributed by atoms with E-state index in [1.807, 2.05) is 0 Å². The molecule has 1 heterocycles. The molecule has 0 aliphatic carbocycles. The maximum atomic E-state index is 13.5. The Morgan fingerprint density at radius 2 is 1.24 bits per heavy atom. The molecule has 49 heavy (non-hydrogen) atoms. The standard InChI is InChI=1S/C33H39N3O13/c1-19(37)34-28-30(48-22(4)40)29(47-21(3)39)26(18-44-20(2)38)49-31(28)36-27(41)15-25(32(42)45-16-23-11-7-5-8-12-23)35-33(43)46-17-24-13-9-6-10-14-24/h5-14,25-26,28-31H,15-18H2,1-4H3,(H,34,37)(H,35,43)(H,36,41)/t25?,26-,28-,29-,30-,31-/m1/s1. The van der Waals surface area contributed by atoms with Crippen molar-refractivity contribution in [3.8, 4) is 0 Å². The second-order valence-corrected chi connectivity index (χ2v) is 10.9. The van der Waals surface area contributed by atoms with Crippen LogP contribution in [0.4, 0.5) is 4.79 Å². The van der Waals surface area contributed by atoms with Crippen LogP contribution < -0.4 is 16.0 Å². The highest BCUT2D eigenvalue weighted by atomic mass is 16.6. The molecule has 264 valence electrons. The third-order valence-corrected chi connectivity index (χ3v) is 6.82. The van der Waals surface area contributed by atoms with Gasteiger partial charge in [-0.3, -0.25) is 24.0 Å². The number of carbonyl (C=O) groups excluding carboxylic acids is 7. The Kier molecular flexibility index (Phi) is 14.5. The van der Waals surface area contributed by atoms with E-state index in [-0.39, 0.29) is 13.2 Å². The minimum absolute atomic E-state index is 0.121. The number of rotatable bonds is 14. The fourth-order valence-corrected chi connectivity index (χ4v) is 4.79. The lowest BCUT2D eigenvalue weighted by Gasteiger charge is -2.45. The van der Waals surface area contributed by atoms with Gasteiger partial charge in [0.15, 0.2) is 18.4 Å². The summed E-state index contributed by atoms with van der Waals surface area (Å²) in [6.45, 7) is 3.67. The van der Waals surface area contributed by atoms with E-state index in [1.165, 1.54) is 0 Å². The van der Waals surface area contributed by atoms with Crippen molar-refractivity contribution >= 4 is 41.8 Å². The van der Waals surface area contributed by atoms with Crippen molar-refractivity contribution in [3.05, 3.63) is 71.8 Å². The first-order chi connectivity index (χ1) is 23.3. The number of ether oxygens (including phenoxy) is 6. The predicted octanol–water partition coefficient (Wildman–Crippen LogP) is 1.19. The third-order valence-electron chi connectivity index (χ3n) is 6.82. The minimum Gasteiger partial charge on any atom is -0.463 e. The molecule has 1 saturated heterocycles.